The number of ether oxygens (including phenoxy) is 2. The molecule has 150 valence electrons. The minimum absolute atomic E-state index is 0.0790. The normalized spacial score (nSPS) is 29.8. The van der Waals surface area contributed by atoms with Crippen molar-refractivity contribution in [3.8, 4) is 0 Å². The SMILES string of the molecule is COC1CCC2C(=O)C3=C(OC2C1)C(=O)N(CCN(C)C)C3c1ccccc1. The van der Waals surface area contributed by atoms with Gasteiger partial charge in [-0.3, -0.25) is 9.59 Å². The van der Waals surface area contributed by atoms with E-state index in [1.165, 1.54) is 0 Å². The first-order valence-corrected chi connectivity index (χ1v) is 9.99. The fourth-order valence-corrected chi connectivity index (χ4v) is 4.61. The van der Waals surface area contributed by atoms with Crippen molar-refractivity contribution >= 4 is 11.7 Å². The number of carbonyl (C=O) groups excluding carboxylic acids is 2. The molecule has 1 aliphatic carbocycles. The molecule has 4 atom stereocenters. The minimum Gasteiger partial charge on any atom is -0.483 e. The van der Waals surface area contributed by atoms with Gasteiger partial charge in [-0.25, -0.2) is 0 Å². The third-order valence-electron chi connectivity index (χ3n) is 6.14. The number of likely N-dealkylation sites (N-methyl/N-ethyl adjacent to an activating group) is 1. The van der Waals surface area contributed by atoms with Crippen molar-refractivity contribution in [2.75, 3.05) is 34.3 Å². The van der Waals surface area contributed by atoms with Crippen LogP contribution >= 0.6 is 0 Å². The second kappa shape index (κ2) is 7.68. The Balaban J connectivity index is 1.71. The number of ketones is 1. The molecule has 1 aromatic carbocycles. The number of nitrogens with zero attached hydrogens (tertiary/aromatic N) is 2. The standard InChI is InChI=1S/C22H28N2O4/c1-23(2)11-12-24-19(14-7-5-4-6-8-14)18-20(25)16-10-9-15(27-3)13-17(16)28-21(18)22(24)26/h4-8,15-17,19H,9-13H2,1-3H3. The minimum atomic E-state index is -0.364. The van der Waals surface area contributed by atoms with Gasteiger partial charge in [-0.15, -0.1) is 0 Å². The molecular formula is C22H28N2O4. The highest BCUT2D eigenvalue weighted by Crippen LogP contribution is 2.46. The second-order valence-electron chi connectivity index (χ2n) is 8.16. The highest BCUT2D eigenvalue weighted by Gasteiger charge is 2.52. The summed E-state index contributed by atoms with van der Waals surface area (Å²) >= 11 is 0. The maximum atomic E-state index is 13.5. The van der Waals surface area contributed by atoms with Gasteiger partial charge in [-0.1, -0.05) is 30.3 Å². The number of benzene rings is 1. The first kappa shape index (κ1) is 19.2. The van der Waals surface area contributed by atoms with E-state index in [1.807, 2.05) is 49.3 Å². The summed E-state index contributed by atoms with van der Waals surface area (Å²) in [6.45, 7) is 1.27. The molecule has 6 heteroatoms. The molecule has 1 saturated carbocycles. The highest BCUT2D eigenvalue weighted by molar-refractivity contribution is 6.11. The number of methoxy groups -OCH3 is 1. The quantitative estimate of drug-likeness (QED) is 0.779. The third-order valence-corrected chi connectivity index (χ3v) is 6.14. The van der Waals surface area contributed by atoms with E-state index < -0.39 is 0 Å². The molecule has 4 unspecified atom stereocenters. The summed E-state index contributed by atoms with van der Waals surface area (Å²) < 4.78 is 11.7. The first-order chi connectivity index (χ1) is 13.5. The summed E-state index contributed by atoms with van der Waals surface area (Å²) in [4.78, 5) is 30.6. The van der Waals surface area contributed by atoms with E-state index in [2.05, 4.69) is 0 Å². The lowest BCUT2D eigenvalue weighted by molar-refractivity contribution is -0.138. The summed E-state index contributed by atoms with van der Waals surface area (Å²) in [6.07, 6.45) is 2.07. The number of hydrogen-bond donors (Lipinski definition) is 0. The van der Waals surface area contributed by atoms with Crippen LogP contribution in [0.15, 0.2) is 41.7 Å². The smallest absolute Gasteiger partial charge is 0.290 e. The molecular weight excluding hydrogens is 356 g/mol. The number of carbonyl (C=O) groups is 2. The predicted octanol–water partition coefficient (Wildman–Crippen LogP) is 2.17. The Morgan fingerprint density at radius 1 is 1.18 bits per heavy atom. The first-order valence-electron chi connectivity index (χ1n) is 9.99. The molecule has 1 fully saturated rings. The molecule has 1 amide bonds. The average Bonchev–Trinajstić information content (AvgIpc) is 2.99. The second-order valence-corrected chi connectivity index (χ2v) is 8.16. The molecule has 0 aromatic heterocycles. The van der Waals surface area contributed by atoms with Crippen LogP contribution in [0.5, 0.6) is 0 Å². The molecule has 0 N–H and O–H groups in total. The van der Waals surface area contributed by atoms with Crippen LogP contribution in [0, 0.1) is 5.92 Å². The van der Waals surface area contributed by atoms with Crippen molar-refractivity contribution in [2.24, 2.45) is 5.92 Å². The van der Waals surface area contributed by atoms with Crippen LogP contribution in [-0.2, 0) is 19.1 Å². The van der Waals surface area contributed by atoms with Crippen molar-refractivity contribution in [1.29, 1.82) is 0 Å². The lowest BCUT2D eigenvalue weighted by Crippen LogP contribution is -2.43. The van der Waals surface area contributed by atoms with Crippen LogP contribution in [0.1, 0.15) is 30.9 Å². The fourth-order valence-electron chi connectivity index (χ4n) is 4.61. The summed E-state index contributed by atoms with van der Waals surface area (Å²) in [5.41, 5.74) is 1.51. The zero-order valence-corrected chi connectivity index (χ0v) is 16.8. The lowest BCUT2D eigenvalue weighted by atomic mass is 9.76. The Labute approximate surface area is 166 Å². The maximum Gasteiger partial charge on any atom is 0.290 e. The average molecular weight is 384 g/mol. The summed E-state index contributed by atoms with van der Waals surface area (Å²) in [5, 5.41) is 0. The molecule has 0 bridgehead atoms. The van der Waals surface area contributed by atoms with E-state index in [1.54, 1.807) is 12.0 Å². The van der Waals surface area contributed by atoms with E-state index in [-0.39, 0.29) is 41.6 Å². The molecule has 4 rings (SSSR count). The van der Waals surface area contributed by atoms with Gasteiger partial charge in [0.2, 0.25) is 0 Å². The largest absolute Gasteiger partial charge is 0.483 e. The van der Waals surface area contributed by atoms with E-state index in [0.29, 0.717) is 18.5 Å². The van der Waals surface area contributed by atoms with Gasteiger partial charge in [0.25, 0.3) is 5.91 Å². The molecule has 28 heavy (non-hydrogen) atoms. The van der Waals surface area contributed by atoms with Crippen LogP contribution in [0.3, 0.4) is 0 Å². The van der Waals surface area contributed by atoms with Gasteiger partial charge in [0.15, 0.2) is 11.5 Å². The summed E-state index contributed by atoms with van der Waals surface area (Å²) in [7, 11) is 5.65. The van der Waals surface area contributed by atoms with E-state index in [4.69, 9.17) is 9.47 Å². The fraction of sp³-hybridized carbons (Fsp3) is 0.545. The highest BCUT2D eigenvalue weighted by atomic mass is 16.5. The molecule has 2 heterocycles. The van der Waals surface area contributed by atoms with Gasteiger partial charge in [0, 0.05) is 26.6 Å². The monoisotopic (exact) mass is 384 g/mol. The third kappa shape index (κ3) is 3.25. The van der Waals surface area contributed by atoms with Gasteiger partial charge < -0.3 is 19.3 Å². The Morgan fingerprint density at radius 3 is 2.61 bits per heavy atom. The van der Waals surface area contributed by atoms with Crippen LogP contribution < -0.4 is 0 Å². The Hall–Kier alpha value is -2.18. The van der Waals surface area contributed by atoms with Crippen molar-refractivity contribution in [3.05, 3.63) is 47.2 Å². The van der Waals surface area contributed by atoms with Crippen molar-refractivity contribution in [2.45, 2.75) is 37.5 Å². The van der Waals surface area contributed by atoms with Gasteiger partial charge >= 0.3 is 0 Å². The van der Waals surface area contributed by atoms with E-state index >= 15 is 0 Å². The van der Waals surface area contributed by atoms with Crippen LogP contribution in [0.25, 0.3) is 0 Å². The number of amides is 1. The zero-order chi connectivity index (χ0) is 19.8. The van der Waals surface area contributed by atoms with Crippen LogP contribution in [-0.4, -0.2) is 68.0 Å². The van der Waals surface area contributed by atoms with Crippen LogP contribution in [0.2, 0.25) is 0 Å². The molecule has 6 nitrogen and oxygen atoms in total. The number of fused-ring (bicyclic) bond motifs is 1. The number of Topliss-reactive ketones (excluding diaryl/α,β-unsaturated/α-hetero) is 1. The van der Waals surface area contributed by atoms with Crippen molar-refractivity contribution in [3.63, 3.8) is 0 Å². The summed E-state index contributed by atoms with van der Waals surface area (Å²) in [5.74, 6) is -0.0130. The molecule has 1 aromatic rings. The lowest BCUT2D eigenvalue weighted by Gasteiger charge is -2.38. The Bertz CT molecular complexity index is 789. The zero-order valence-electron chi connectivity index (χ0n) is 16.8. The van der Waals surface area contributed by atoms with Gasteiger partial charge in [-0.2, -0.15) is 0 Å². The van der Waals surface area contributed by atoms with Gasteiger partial charge in [0.1, 0.15) is 6.10 Å². The molecule has 0 saturated heterocycles. The topological polar surface area (TPSA) is 59.1 Å². The molecule has 2 aliphatic heterocycles. The Morgan fingerprint density at radius 2 is 1.93 bits per heavy atom. The maximum absolute atomic E-state index is 13.5. The number of rotatable bonds is 5. The molecule has 3 aliphatic rings. The van der Waals surface area contributed by atoms with E-state index in [0.717, 1.165) is 24.9 Å². The van der Waals surface area contributed by atoms with Crippen molar-refractivity contribution in [1.82, 2.24) is 9.80 Å². The Kier molecular flexibility index (Phi) is 5.25. The number of hydrogen-bond acceptors (Lipinski definition) is 5. The predicted molar refractivity (Wildman–Crippen MR) is 104 cm³/mol. The van der Waals surface area contributed by atoms with Crippen molar-refractivity contribution < 1.29 is 19.1 Å². The molecule has 0 radical (unpaired) electrons. The van der Waals surface area contributed by atoms with Gasteiger partial charge in [-0.05, 0) is 32.5 Å². The van der Waals surface area contributed by atoms with E-state index in [9.17, 15) is 9.59 Å². The molecule has 0 spiro atoms. The van der Waals surface area contributed by atoms with Gasteiger partial charge in [0.05, 0.1) is 23.6 Å². The van der Waals surface area contributed by atoms with Crippen LogP contribution in [0.4, 0.5) is 0 Å². The summed E-state index contributed by atoms with van der Waals surface area (Å²) in [6, 6.07) is 9.44.